The van der Waals surface area contributed by atoms with Gasteiger partial charge in [0.05, 0.1) is 11.1 Å². The first-order chi connectivity index (χ1) is 28.8. The van der Waals surface area contributed by atoms with E-state index >= 15 is 0 Å². The minimum Gasteiger partial charge on any atom is -0.310 e. The number of nitrogens with zero attached hydrogens (tertiary/aromatic N) is 1. The molecule has 1 heteroatoms. The molecule has 10 aromatic rings. The van der Waals surface area contributed by atoms with Gasteiger partial charge in [-0.2, -0.15) is 0 Å². The lowest BCUT2D eigenvalue weighted by Gasteiger charge is -2.34. The average Bonchev–Trinajstić information content (AvgIpc) is 3.62. The van der Waals surface area contributed by atoms with Crippen LogP contribution in [-0.4, -0.2) is 0 Å². The van der Waals surface area contributed by atoms with Gasteiger partial charge in [0.2, 0.25) is 0 Å². The lowest BCUT2D eigenvalue weighted by atomic mass is 9.68. The Labute approximate surface area is 339 Å². The summed E-state index contributed by atoms with van der Waals surface area (Å²) >= 11 is 0. The highest BCUT2D eigenvalue weighted by atomic mass is 15.1. The molecule has 0 fully saturated rings. The molecule has 0 radical (unpaired) electrons. The average molecular weight is 738 g/mol. The first-order valence-corrected chi connectivity index (χ1v) is 20.1. The number of anilines is 3. The van der Waals surface area contributed by atoms with Gasteiger partial charge < -0.3 is 4.90 Å². The van der Waals surface area contributed by atoms with Crippen molar-refractivity contribution in [3.8, 4) is 33.4 Å². The fourth-order valence-electron chi connectivity index (χ4n) is 9.81. The molecule has 1 aliphatic rings. The molecular weight excluding hydrogens is 699 g/mol. The van der Waals surface area contributed by atoms with Crippen LogP contribution in [0.15, 0.2) is 237 Å². The van der Waals surface area contributed by atoms with Gasteiger partial charge in [0.1, 0.15) is 0 Å². The molecule has 0 bridgehead atoms. The van der Waals surface area contributed by atoms with Crippen molar-refractivity contribution < 1.29 is 0 Å². The second-order valence-corrected chi connectivity index (χ2v) is 15.2. The zero-order chi connectivity index (χ0) is 38.5. The van der Waals surface area contributed by atoms with E-state index in [2.05, 4.69) is 241 Å². The van der Waals surface area contributed by atoms with Gasteiger partial charge in [0.25, 0.3) is 0 Å². The molecule has 11 rings (SSSR count). The minimum atomic E-state index is -0.497. The zero-order valence-electron chi connectivity index (χ0n) is 32.0. The maximum atomic E-state index is 2.47. The molecule has 0 aliphatic heterocycles. The molecule has 0 amide bonds. The maximum Gasteiger partial charge on any atom is 0.0714 e. The molecule has 0 saturated carbocycles. The van der Waals surface area contributed by atoms with E-state index in [0.717, 1.165) is 17.1 Å². The largest absolute Gasteiger partial charge is 0.310 e. The van der Waals surface area contributed by atoms with Crippen LogP contribution in [0.5, 0.6) is 0 Å². The van der Waals surface area contributed by atoms with Crippen molar-refractivity contribution in [1.82, 2.24) is 0 Å². The quantitative estimate of drug-likeness (QED) is 0.147. The van der Waals surface area contributed by atoms with Crippen molar-refractivity contribution in [1.29, 1.82) is 0 Å². The summed E-state index contributed by atoms with van der Waals surface area (Å²) in [6.45, 7) is 0. The van der Waals surface area contributed by atoms with E-state index < -0.39 is 5.41 Å². The summed E-state index contributed by atoms with van der Waals surface area (Å²) in [5.41, 5.74) is 15.3. The number of fused-ring (bicyclic) bond motifs is 6. The first kappa shape index (κ1) is 33.8. The van der Waals surface area contributed by atoms with Crippen molar-refractivity contribution in [2.45, 2.75) is 5.41 Å². The highest BCUT2D eigenvalue weighted by molar-refractivity contribution is 6.21. The molecule has 1 aliphatic carbocycles. The predicted octanol–water partition coefficient (Wildman–Crippen LogP) is 15.2. The summed E-state index contributed by atoms with van der Waals surface area (Å²) in [5, 5.41) is 5.02. The van der Waals surface area contributed by atoms with Crippen molar-refractivity contribution in [2.75, 3.05) is 4.90 Å². The normalized spacial score (nSPS) is 12.6. The van der Waals surface area contributed by atoms with E-state index in [1.54, 1.807) is 0 Å². The van der Waals surface area contributed by atoms with Crippen LogP contribution in [0.2, 0.25) is 0 Å². The monoisotopic (exact) mass is 737 g/mol. The van der Waals surface area contributed by atoms with Gasteiger partial charge in [-0.3, -0.25) is 0 Å². The molecule has 0 N–H and O–H groups in total. The topological polar surface area (TPSA) is 3.24 Å². The molecule has 1 nitrogen and oxygen atoms in total. The lowest BCUT2D eigenvalue weighted by Crippen LogP contribution is -2.28. The van der Waals surface area contributed by atoms with Crippen LogP contribution in [0.25, 0.3) is 54.9 Å². The summed E-state index contributed by atoms with van der Waals surface area (Å²) in [6.07, 6.45) is 0. The Morgan fingerprint density at radius 3 is 1.38 bits per heavy atom. The minimum absolute atomic E-state index is 0.497. The van der Waals surface area contributed by atoms with E-state index in [1.165, 1.54) is 77.2 Å². The van der Waals surface area contributed by atoms with Crippen LogP contribution < -0.4 is 4.90 Å². The lowest BCUT2D eigenvalue weighted by molar-refractivity contribution is 0.768. The predicted molar refractivity (Wildman–Crippen MR) is 244 cm³/mol. The highest BCUT2D eigenvalue weighted by Crippen LogP contribution is 2.59. The van der Waals surface area contributed by atoms with Gasteiger partial charge in [-0.1, -0.05) is 206 Å². The molecule has 0 unspecified atom stereocenters. The number of hydrogen-bond donors (Lipinski definition) is 0. The molecule has 272 valence electrons. The fraction of sp³-hybridized carbons (Fsp3) is 0.0175. The summed E-state index contributed by atoms with van der Waals surface area (Å²) in [4.78, 5) is 2.47. The van der Waals surface area contributed by atoms with E-state index in [4.69, 9.17) is 0 Å². The standard InChI is InChI=1S/C57H39N/c1-5-21-40(22-6-1)54-48-33-15-13-31-46(48)47-32-14-16-34-49(47)55(54)41-23-19-30-45(39-41)58(44-28-11-4-12-29-44)53-38-20-37-52-56(53)50-35-17-18-36-51(50)57(52,42-24-7-2-8-25-42)43-26-9-3-10-27-43/h1-39H. The number of hydrogen-bond acceptors (Lipinski definition) is 1. The molecular formula is C57H39N. The van der Waals surface area contributed by atoms with Gasteiger partial charge in [-0.15, -0.1) is 0 Å². The Morgan fingerprint density at radius 1 is 0.293 bits per heavy atom. The Morgan fingerprint density at radius 2 is 0.741 bits per heavy atom. The molecule has 10 aromatic carbocycles. The second-order valence-electron chi connectivity index (χ2n) is 15.2. The Kier molecular flexibility index (Phi) is 8.12. The fourth-order valence-corrected chi connectivity index (χ4v) is 9.81. The number of benzene rings is 10. The number of para-hydroxylation sites is 1. The van der Waals surface area contributed by atoms with E-state index in [0.29, 0.717) is 0 Å². The zero-order valence-corrected chi connectivity index (χ0v) is 32.0. The van der Waals surface area contributed by atoms with Crippen LogP contribution in [0.1, 0.15) is 22.3 Å². The van der Waals surface area contributed by atoms with Crippen molar-refractivity contribution in [2.24, 2.45) is 0 Å². The number of rotatable bonds is 7. The summed E-state index contributed by atoms with van der Waals surface area (Å²) < 4.78 is 0. The van der Waals surface area contributed by atoms with Crippen LogP contribution >= 0.6 is 0 Å². The van der Waals surface area contributed by atoms with Crippen molar-refractivity contribution in [3.63, 3.8) is 0 Å². The van der Waals surface area contributed by atoms with Crippen LogP contribution in [0.3, 0.4) is 0 Å². The molecule has 0 aromatic heterocycles. The third kappa shape index (κ3) is 5.17. The molecule has 0 atom stereocenters. The van der Waals surface area contributed by atoms with E-state index in [1.807, 2.05) is 0 Å². The smallest absolute Gasteiger partial charge is 0.0714 e. The third-order valence-corrected chi connectivity index (χ3v) is 12.1. The van der Waals surface area contributed by atoms with Crippen LogP contribution in [-0.2, 0) is 5.41 Å². The van der Waals surface area contributed by atoms with Crippen LogP contribution in [0, 0.1) is 0 Å². The van der Waals surface area contributed by atoms with Crippen LogP contribution in [0.4, 0.5) is 17.1 Å². The van der Waals surface area contributed by atoms with E-state index in [-0.39, 0.29) is 0 Å². The van der Waals surface area contributed by atoms with E-state index in [9.17, 15) is 0 Å². The van der Waals surface area contributed by atoms with Gasteiger partial charge >= 0.3 is 0 Å². The SMILES string of the molecule is c1ccc(-c2c(-c3cccc(N(c4ccccc4)c4cccc5c4-c4ccccc4C5(c4ccccc4)c4ccccc4)c3)c3ccccc3c3ccccc23)cc1. The summed E-state index contributed by atoms with van der Waals surface area (Å²) in [5.74, 6) is 0. The molecule has 58 heavy (non-hydrogen) atoms. The summed E-state index contributed by atoms with van der Waals surface area (Å²) in [6, 6.07) is 86.8. The second kappa shape index (κ2) is 13.9. The van der Waals surface area contributed by atoms with Gasteiger partial charge in [-0.25, -0.2) is 0 Å². The van der Waals surface area contributed by atoms with Gasteiger partial charge in [0, 0.05) is 16.9 Å². The maximum absolute atomic E-state index is 2.47. The van der Waals surface area contributed by atoms with Crippen molar-refractivity contribution in [3.05, 3.63) is 259 Å². The Balaban J connectivity index is 1.20. The molecule has 0 spiro atoms. The first-order valence-electron chi connectivity index (χ1n) is 20.1. The Hall–Kier alpha value is -7.48. The highest BCUT2D eigenvalue weighted by Gasteiger charge is 2.47. The summed E-state index contributed by atoms with van der Waals surface area (Å²) in [7, 11) is 0. The van der Waals surface area contributed by atoms with Crippen molar-refractivity contribution >= 4 is 38.6 Å². The molecule has 0 heterocycles. The van der Waals surface area contributed by atoms with Gasteiger partial charge in [0.15, 0.2) is 0 Å². The van der Waals surface area contributed by atoms with Gasteiger partial charge in [-0.05, 0) is 102 Å². The Bertz CT molecular complexity index is 3060. The third-order valence-electron chi connectivity index (χ3n) is 12.1. The molecule has 0 saturated heterocycles.